The van der Waals surface area contributed by atoms with Crippen LogP contribution in [-0.2, 0) is 9.47 Å². The zero-order valence-electron chi connectivity index (χ0n) is 8.91. The summed E-state index contributed by atoms with van der Waals surface area (Å²) in [6.07, 6.45) is 2.98. The Balaban J connectivity index is 2.02. The van der Waals surface area contributed by atoms with Gasteiger partial charge in [0, 0.05) is 18.4 Å². The summed E-state index contributed by atoms with van der Waals surface area (Å²) in [5.74, 6) is 0. The summed E-state index contributed by atoms with van der Waals surface area (Å²) >= 11 is 3.36. The number of ether oxygens (including phenoxy) is 2. The number of nitrogens with zero attached hydrogens (tertiary/aromatic N) is 1. The predicted molar refractivity (Wildman–Crippen MR) is 61.4 cm³/mol. The van der Waals surface area contributed by atoms with Gasteiger partial charge in [-0.05, 0) is 19.3 Å². The second kappa shape index (κ2) is 7.93. The van der Waals surface area contributed by atoms with E-state index in [1.165, 1.54) is 0 Å². The third-order valence-corrected chi connectivity index (χ3v) is 2.83. The van der Waals surface area contributed by atoms with Gasteiger partial charge in [0.1, 0.15) is 0 Å². The van der Waals surface area contributed by atoms with Crippen molar-refractivity contribution in [1.29, 1.82) is 0 Å². The normalized spacial score (nSPS) is 16.5. The summed E-state index contributed by atoms with van der Waals surface area (Å²) in [4.78, 5) is 13.2. The van der Waals surface area contributed by atoms with Gasteiger partial charge in [0.25, 0.3) is 0 Å². The van der Waals surface area contributed by atoms with Gasteiger partial charge in [-0.15, -0.1) is 0 Å². The number of morpholine rings is 1. The van der Waals surface area contributed by atoms with Crippen molar-refractivity contribution < 1.29 is 14.3 Å². The van der Waals surface area contributed by atoms with Crippen LogP contribution in [0.1, 0.15) is 19.3 Å². The average Bonchev–Trinajstić information content (AvgIpc) is 2.30. The van der Waals surface area contributed by atoms with Crippen LogP contribution in [0.15, 0.2) is 0 Å². The highest BCUT2D eigenvalue weighted by Crippen LogP contribution is 2.02. The molecule has 1 heterocycles. The van der Waals surface area contributed by atoms with Crippen molar-refractivity contribution in [3.63, 3.8) is 0 Å². The number of rotatable bonds is 5. The summed E-state index contributed by atoms with van der Waals surface area (Å²) in [6.45, 7) is 3.08. The number of hydrogen-bond donors (Lipinski definition) is 0. The first-order valence-corrected chi connectivity index (χ1v) is 6.52. The van der Waals surface area contributed by atoms with E-state index in [9.17, 15) is 4.79 Å². The molecule has 1 aliphatic heterocycles. The zero-order chi connectivity index (χ0) is 10.9. The third kappa shape index (κ3) is 5.37. The van der Waals surface area contributed by atoms with E-state index in [2.05, 4.69) is 15.9 Å². The van der Waals surface area contributed by atoms with Crippen molar-refractivity contribution in [2.24, 2.45) is 0 Å². The molecule has 5 heteroatoms. The molecule has 0 N–H and O–H groups in total. The Hall–Kier alpha value is -0.290. The van der Waals surface area contributed by atoms with E-state index < -0.39 is 0 Å². The maximum absolute atomic E-state index is 11.5. The van der Waals surface area contributed by atoms with Gasteiger partial charge in [0.2, 0.25) is 0 Å². The number of hydrogen-bond acceptors (Lipinski definition) is 3. The zero-order valence-corrected chi connectivity index (χ0v) is 10.5. The predicted octanol–water partition coefficient (Wildman–Crippen LogP) is 2.02. The molecule has 0 unspecified atom stereocenters. The number of halogens is 1. The van der Waals surface area contributed by atoms with Crippen molar-refractivity contribution in [2.45, 2.75) is 19.3 Å². The number of carbonyl (C=O) groups excluding carboxylic acids is 1. The lowest BCUT2D eigenvalue weighted by atomic mass is 10.3. The molecule has 0 spiro atoms. The Labute approximate surface area is 99.0 Å². The minimum atomic E-state index is -0.197. The molecule has 0 aromatic carbocycles. The molecule has 0 aromatic heterocycles. The van der Waals surface area contributed by atoms with Gasteiger partial charge in [0.05, 0.1) is 19.8 Å². The molecule has 0 saturated carbocycles. The van der Waals surface area contributed by atoms with E-state index in [0.29, 0.717) is 32.9 Å². The van der Waals surface area contributed by atoms with E-state index in [1.807, 2.05) is 0 Å². The summed E-state index contributed by atoms with van der Waals surface area (Å²) in [5, 5.41) is 1.02. The first-order valence-electron chi connectivity index (χ1n) is 5.40. The third-order valence-electron chi connectivity index (χ3n) is 2.27. The van der Waals surface area contributed by atoms with Gasteiger partial charge in [0.15, 0.2) is 0 Å². The van der Waals surface area contributed by atoms with Crippen LogP contribution in [-0.4, -0.2) is 49.2 Å². The van der Waals surface area contributed by atoms with Crippen molar-refractivity contribution in [3.05, 3.63) is 0 Å². The molecule has 1 saturated heterocycles. The van der Waals surface area contributed by atoms with Crippen LogP contribution in [0.2, 0.25) is 0 Å². The molecule has 1 fully saturated rings. The second-order valence-electron chi connectivity index (χ2n) is 3.46. The number of carbonyl (C=O) groups is 1. The van der Waals surface area contributed by atoms with E-state index in [-0.39, 0.29) is 6.09 Å². The minimum absolute atomic E-state index is 0.197. The SMILES string of the molecule is O=C(OCCCCCBr)N1CCOCC1. The highest BCUT2D eigenvalue weighted by Gasteiger charge is 2.17. The minimum Gasteiger partial charge on any atom is -0.449 e. The van der Waals surface area contributed by atoms with Gasteiger partial charge in [-0.3, -0.25) is 0 Å². The van der Waals surface area contributed by atoms with Crippen molar-refractivity contribution in [3.8, 4) is 0 Å². The monoisotopic (exact) mass is 279 g/mol. The van der Waals surface area contributed by atoms with Crippen LogP contribution in [0.4, 0.5) is 4.79 Å². The molecule has 0 aromatic rings. The van der Waals surface area contributed by atoms with Crippen molar-refractivity contribution in [1.82, 2.24) is 4.90 Å². The first kappa shape index (κ1) is 12.8. The molecule has 0 aliphatic carbocycles. The van der Waals surface area contributed by atoms with Crippen LogP contribution in [0.25, 0.3) is 0 Å². The summed E-state index contributed by atoms with van der Waals surface area (Å²) in [5.41, 5.74) is 0. The Bertz CT molecular complexity index is 184. The molecule has 0 radical (unpaired) electrons. The summed E-state index contributed by atoms with van der Waals surface area (Å²) in [6, 6.07) is 0. The largest absolute Gasteiger partial charge is 0.449 e. The quantitative estimate of drug-likeness (QED) is 0.571. The molecule has 1 amide bonds. The molecule has 88 valence electrons. The van der Waals surface area contributed by atoms with Crippen LogP contribution < -0.4 is 0 Å². The van der Waals surface area contributed by atoms with Crippen molar-refractivity contribution >= 4 is 22.0 Å². The Morgan fingerprint density at radius 3 is 2.67 bits per heavy atom. The highest BCUT2D eigenvalue weighted by atomic mass is 79.9. The number of amides is 1. The van der Waals surface area contributed by atoms with Crippen LogP contribution in [0.3, 0.4) is 0 Å². The smallest absolute Gasteiger partial charge is 0.409 e. The fraction of sp³-hybridized carbons (Fsp3) is 0.900. The number of unbranched alkanes of at least 4 members (excludes halogenated alkanes) is 2. The second-order valence-corrected chi connectivity index (χ2v) is 4.26. The molecule has 0 atom stereocenters. The van der Waals surface area contributed by atoms with E-state index in [4.69, 9.17) is 9.47 Å². The number of alkyl halides is 1. The Morgan fingerprint density at radius 1 is 1.27 bits per heavy atom. The molecule has 4 nitrogen and oxygen atoms in total. The maximum Gasteiger partial charge on any atom is 0.409 e. The lowest BCUT2D eigenvalue weighted by Crippen LogP contribution is -2.41. The van der Waals surface area contributed by atoms with Crippen LogP contribution in [0, 0.1) is 0 Å². The standard InChI is InChI=1S/C10H18BrNO3/c11-4-2-1-3-7-15-10(13)12-5-8-14-9-6-12/h1-9H2. The van der Waals surface area contributed by atoms with Crippen molar-refractivity contribution in [2.75, 3.05) is 38.2 Å². The fourth-order valence-corrected chi connectivity index (χ4v) is 1.77. The molecule has 1 rings (SSSR count). The van der Waals surface area contributed by atoms with Gasteiger partial charge in [-0.1, -0.05) is 15.9 Å². The summed E-state index contributed by atoms with van der Waals surface area (Å²) < 4.78 is 10.3. The van der Waals surface area contributed by atoms with E-state index in [1.54, 1.807) is 4.90 Å². The van der Waals surface area contributed by atoms with Gasteiger partial charge < -0.3 is 14.4 Å². The first-order chi connectivity index (χ1) is 7.34. The van der Waals surface area contributed by atoms with Crippen LogP contribution >= 0.6 is 15.9 Å². The lowest BCUT2D eigenvalue weighted by Gasteiger charge is -2.25. The average molecular weight is 280 g/mol. The van der Waals surface area contributed by atoms with E-state index in [0.717, 1.165) is 24.6 Å². The topological polar surface area (TPSA) is 38.8 Å². The van der Waals surface area contributed by atoms with E-state index >= 15 is 0 Å². The molecular weight excluding hydrogens is 262 g/mol. The molecule has 15 heavy (non-hydrogen) atoms. The lowest BCUT2D eigenvalue weighted by molar-refractivity contribution is 0.0268. The molecule has 1 aliphatic rings. The molecular formula is C10H18BrNO3. The van der Waals surface area contributed by atoms with Gasteiger partial charge in [-0.2, -0.15) is 0 Å². The molecule has 0 bridgehead atoms. The Kier molecular flexibility index (Phi) is 6.76. The Morgan fingerprint density at radius 2 is 2.00 bits per heavy atom. The summed E-state index contributed by atoms with van der Waals surface area (Å²) in [7, 11) is 0. The fourth-order valence-electron chi connectivity index (χ4n) is 1.37. The maximum atomic E-state index is 11.5. The van der Waals surface area contributed by atoms with Gasteiger partial charge in [-0.25, -0.2) is 4.79 Å². The highest BCUT2D eigenvalue weighted by molar-refractivity contribution is 9.09. The van der Waals surface area contributed by atoms with Gasteiger partial charge >= 0.3 is 6.09 Å². The van der Waals surface area contributed by atoms with Crippen LogP contribution in [0.5, 0.6) is 0 Å².